The largest absolute Gasteiger partial charge is 0.373 e. The molecule has 0 radical (unpaired) electrons. The van der Waals surface area contributed by atoms with E-state index in [2.05, 4.69) is 12.2 Å². The standard InChI is InChI=1S/C16H25N3/c1-3-11-6-4-7-12(10-11)15-18-14-9-5-8-13(14)16(17-2)19-15/h11-12H,3-10H2,1-2H3,(H,17,18,19). The number of aromatic nitrogens is 2. The molecule has 1 aromatic rings. The Morgan fingerprint density at radius 3 is 2.84 bits per heavy atom. The van der Waals surface area contributed by atoms with Crippen molar-refractivity contribution in [3.63, 3.8) is 0 Å². The van der Waals surface area contributed by atoms with Crippen molar-refractivity contribution >= 4 is 5.82 Å². The van der Waals surface area contributed by atoms with Gasteiger partial charge in [-0.2, -0.15) is 0 Å². The molecule has 1 fully saturated rings. The summed E-state index contributed by atoms with van der Waals surface area (Å²) in [6, 6.07) is 0. The van der Waals surface area contributed by atoms with E-state index in [1.54, 1.807) is 0 Å². The molecule has 1 aromatic heterocycles. The first kappa shape index (κ1) is 12.9. The summed E-state index contributed by atoms with van der Waals surface area (Å²) < 4.78 is 0. The first-order valence-corrected chi connectivity index (χ1v) is 7.89. The molecule has 0 spiro atoms. The number of hydrogen-bond donors (Lipinski definition) is 1. The second-order valence-corrected chi connectivity index (χ2v) is 6.10. The Morgan fingerprint density at radius 2 is 2.05 bits per heavy atom. The third-order valence-electron chi connectivity index (χ3n) is 4.91. The van der Waals surface area contributed by atoms with Crippen LogP contribution in [0.4, 0.5) is 5.82 Å². The van der Waals surface area contributed by atoms with E-state index in [1.165, 1.54) is 49.8 Å². The van der Waals surface area contributed by atoms with Gasteiger partial charge in [-0.05, 0) is 38.0 Å². The predicted octanol–water partition coefficient (Wildman–Crippen LogP) is 3.69. The summed E-state index contributed by atoms with van der Waals surface area (Å²) in [7, 11) is 1.99. The van der Waals surface area contributed by atoms with Crippen molar-refractivity contribution in [1.29, 1.82) is 0 Å². The van der Waals surface area contributed by atoms with E-state index < -0.39 is 0 Å². The minimum absolute atomic E-state index is 0.594. The number of nitrogens with zero attached hydrogens (tertiary/aromatic N) is 2. The van der Waals surface area contributed by atoms with E-state index >= 15 is 0 Å². The molecule has 1 N–H and O–H groups in total. The molecular formula is C16H25N3. The highest BCUT2D eigenvalue weighted by molar-refractivity contribution is 5.48. The van der Waals surface area contributed by atoms with Crippen molar-refractivity contribution in [2.24, 2.45) is 5.92 Å². The zero-order valence-corrected chi connectivity index (χ0v) is 12.2. The SMILES string of the molecule is CCC1CCCC(c2nc3c(c(NC)n2)CCC3)C1. The quantitative estimate of drug-likeness (QED) is 0.899. The van der Waals surface area contributed by atoms with Crippen LogP contribution in [0.15, 0.2) is 0 Å². The molecule has 3 heteroatoms. The summed E-state index contributed by atoms with van der Waals surface area (Å²) in [5, 5.41) is 3.28. The molecule has 0 saturated heterocycles. The van der Waals surface area contributed by atoms with Crippen LogP contribution in [-0.4, -0.2) is 17.0 Å². The molecule has 19 heavy (non-hydrogen) atoms. The van der Waals surface area contributed by atoms with Crippen LogP contribution in [0, 0.1) is 5.92 Å². The third-order valence-corrected chi connectivity index (χ3v) is 4.91. The van der Waals surface area contributed by atoms with E-state index in [4.69, 9.17) is 9.97 Å². The summed E-state index contributed by atoms with van der Waals surface area (Å²) >= 11 is 0. The van der Waals surface area contributed by atoms with Crippen LogP contribution >= 0.6 is 0 Å². The smallest absolute Gasteiger partial charge is 0.134 e. The predicted molar refractivity (Wildman–Crippen MR) is 78.6 cm³/mol. The van der Waals surface area contributed by atoms with Gasteiger partial charge in [0.25, 0.3) is 0 Å². The summed E-state index contributed by atoms with van der Waals surface area (Å²) in [6.45, 7) is 2.32. The molecule has 3 nitrogen and oxygen atoms in total. The Morgan fingerprint density at radius 1 is 1.16 bits per heavy atom. The van der Waals surface area contributed by atoms with Crippen LogP contribution in [0.2, 0.25) is 0 Å². The molecule has 2 unspecified atom stereocenters. The summed E-state index contributed by atoms with van der Waals surface area (Å²) in [4.78, 5) is 9.74. The molecule has 2 aliphatic carbocycles. The minimum atomic E-state index is 0.594. The average Bonchev–Trinajstić information content (AvgIpc) is 2.94. The average molecular weight is 259 g/mol. The van der Waals surface area contributed by atoms with Gasteiger partial charge in [0.2, 0.25) is 0 Å². The van der Waals surface area contributed by atoms with E-state index in [0.29, 0.717) is 5.92 Å². The number of rotatable bonds is 3. The van der Waals surface area contributed by atoms with Crippen LogP contribution in [0.1, 0.15) is 68.4 Å². The van der Waals surface area contributed by atoms with Crippen molar-refractivity contribution in [1.82, 2.24) is 9.97 Å². The van der Waals surface area contributed by atoms with Gasteiger partial charge < -0.3 is 5.32 Å². The Balaban J connectivity index is 1.88. The zero-order chi connectivity index (χ0) is 13.2. The van der Waals surface area contributed by atoms with E-state index in [1.807, 2.05) is 7.05 Å². The number of nitrogens with one attached hydrogen (secondary N) is 1. The minimum Gasteiger partial charge on any atom is -0.373 e. The Kier molecular flexibility index (Phi) is 3.72. The van der Waals surface area contributed by atoms with E-state index in [-0.39, 0.29) is 0 Å². The van der Waals surface area contributed by atoms with Gasteiger partial charge in [0.1, 0.15) is 11.6 Å². The maximum absolute atomic E-state index is 4.90. The van der Waals surface area contributed by atoms with Crippen molar-refractivity contribution in [2.75, 3.05) is 12.4 Å². The van der Waals surface area contributed by atoms with Gasteiger partial charge in [-0.25, -0.2) is 9.97 Å². The van der Waals surface area contributed by atoms with Crippen molar-refractivity contribution in [3.05, 3.63) is 17.1 Å². The van der Waals surface area contributed by atoms with Crippen LogP contribution in [-0.2, 0) is 12.8 Å². The molecule has 0 aromatic carbocycles. The van der Waals surface area contributed by atoms with Gasteiger partial charge >= 0.3 is 0 Å². The van der Waals surface area contributed by atoms with Crippen molar-refractivity contribution in [3.8, 4) is 0 Å². The van der Waals surface area contributed by atoms with Gasteiger partial charge in [-0.1, -0.05) is 26.2 Å². The molecule has 1 heterocycles. The molecule has 3 rings (SSSR count). The highest BCUT2D eigenvalue weighted by atomic mass is 15.0. The van der Waals surface area contributed by atoms with Crippen molar-refractivity contribution < 1.29 is 0 Å². The number of aryl methyl sites for hydroxylation is 1. The normalized spacial score (nSPS) is 26.2. The number of fused-ring (bicyclic) bond motifs is 1. The first-order chi connectivity index (χ1) is 9.31. The topological polar surface area (TPSA) is 37.8 Å². The second kappa shape index (κ2) is 5.48. The summed E-state index contributed by atoms with van der Waals surface area (Å²) in [5.74, 6) is 3.68. The Labute approximate surface area is 116 Å². The zero-order valence-electron chi connectivity index (χ0n) is 12.2. The fraction of sp³-hybridized carbons (Fsp3) is 0.750. The van der Waals surface area contributed by atoms with E-state index in [9.17, 15) is 0 Å². The molecule has 0 aliphatic heterocycles. The maximum Gasteiger partial charge on any atom is 0.134 e. The Bertz CT molecular complexity index is 456. The van der Waals surface area contributed by atoms with E-state index in [0.717, 1.165) is 30.4 Å². The molecule has 0 amide bonds. The van der Waals surface area contributed by atoms with Crippen molar-refractivity contribution in [2.45, 2.75) is 64.2 Å². The fourth-order valence-corrected chi connectivity index (χ4v) is 3.74. The van der Waals surface area contributed by atoms with Gasteiger partial charge in [0.15, 0.2) is 0 Å². The molecule has 2 aliphatic rings. The lowest BCUT2D eigenvalue weighted by Gasteiger charge is -2.28. The molecular weight excluding hydrogens is 234 g/mol. The monoisotopic (exact) mass is 259 g/mol. The highest BCUT2D eigenvalue weighted by Crippen LogP contribution is 2.37. The molecule has 104 valence electrons. The van der Waals surface area contributed by atoms with Crippen LogP contribution in [0.3, 0.4) is 0 Å². The second-order valence-electron chi connectivity index (χ2n) is 6.10. The summed E-state index contributed by atoms with van der Waals surface area (Å²) in [5.41, 5.74) is 2.68. The summed E-state index contributed by atoms with van der Waals surface area (Å²) in [6.07, 6.45) is 10.1. The lowest BCUT2D eigenvalue weighted by Crippen LogP contribution is -2.17. The fourth-order valence-electron chi connectivity index (χ4n) is 3.74. The maximum atomic E-state index is 4.90. The van der Waals surface area contributed by atoms with Gasteiger partial charge in [-0.15, -0.1) is 0 Å². The van der Waals surface area contributed by atoms with Crippen LogP contribution in [0.25, 0.3) is 0 Å². The lowest BCUT2D eigenvalue weighted by atomic mass is 9.80. The number of hydrogen-bond acceptors (Lipinski definition) is 3. The first-order valence-electron chi connectivity index (χ1n) is 7.89. The molecule has 2 atom stereocenters. The number of anilines is 1. The Hall–Kier alpha value is -1.12. The van der Waals surface area contributed by atoms with Gasteiger partial charge in [0, 0.05) is 24.2 Å². The van der Waals surface area contributed by atoms with Gasteiger partial charge in [-0.3, -0.25) is 0 Å². The van der Waals surface area contributed by atoms with Crippen LogP contribution in [0.5, 0.6) is 0 Å². The molecule has 1 saturated carbocycles. The molecule has 0 bridgehead atoms. The highest BCUT2D eigenvalue weighted by Gasteiger charge is 2.27. The van der Waals surface area contributed by atoms with Gasteiger partial charge in [0.05, 0.1) is 0 Å². The lowest BCUT2D eigenvalue weighted by molar-refractivity contribution is 0.307. The third kappa shape index (κ3) is 2.47. The van der Waals surface area contributed by atoms with Crippen LogP contribution < -0.4 is 5.32 Å².